The maximum absolute atomic E-state index is 11.5. The Labute approximate surface area is 84.8 Å². The van der Waals surface area contributed by atoms with Crippen LogP contribution in [0, 0.1) is 0 Å². The standard InChI is InChI=1S/C9H10BrNO2/c1-11-5-4-6(12)9(11)7-2-3-8(10)13-7/h2-3,9H,4-5H2,1H3. The number of carbonyl (C=O) groups is 1. The highest BCUT2D eigenvalue weighted by molar-refractivity contribution is 9.10. The molecule has 0 aromatic carbocycles. The quantitative estimate of drug-likeness (QED) is 0.757. The molecule has 0 radical (unpaired) electrons. The highest BCUT2D eigenvalue weighted by Gasteiger charge is 2.33. The van der Waals surface area contributed by atoms with Crippen molar-refractivity contribution in [3.05, 3.63) is 22.6 Å². The Kier molecular flexibility index (Phi) is 2.26. The summed E-state index contributed by atoms with van der Waals surface area (Å²) in [6.07, 6.45) is 0.624. The third-order valence-corrected chi connectivity index (χ3v) is 2.75. The first-order valence-corrected chi connectivity index (χ1v) is 4.96. The molecule has 3 nitrogen and oxygen atoms in total. The number of halogens is 1. The van der Waals surface area contributed by atoms with Gasteiger partial charge in [-0.15, -0.1) is 0 Å². The normalized spacial score (nSPS) is 24.2. The van der Waals surface area contributed by atoms with Crippen LogP contribution in [-0.2, 0) is 4.79 Å². The number of furan rings is 1. The molecule has 0 saturated carbocycles. The molecule has 0 spiro atoms. The van der Waals surface area contributed by atoms with Gasteiger partial charge in [0.1, 0.15) is 11.8 Å². The number of Topliss-reactive ketones (excluding diaryl/α,β-unsaturated/α-hetero) is 1. The Morgan fingerprint density at radius 3 is 2.85 bits per heavy atom. The van der Waals surface area contributed by atoms with E-state index in [1.807, 2.05) is 24.1 Å². The number of rotatable bonds is 1. The molecule has 0 aliphatic carbocycles. The zero-order valence-corrected chi connectivity index (χ0v) is 8.87. The molecule has 1 fully saturated rings. The van der Waals surface area contributed by atoms with Crippen LogP contribution in [0.3, 0.4) is 0 Å². The number of hydrogen-bond acceptors (Lipinski definition) is 3. The van der Waals surface area contributed by atoms with Gasteiger partial charge >= 0.3 is 0 Å². The summed E-state index contributed by atoms with van der Waals surface area (Å²) in [6.45, 7) is 0.821. The molecule has 1 aliphatic rings. The Balaban J connectivity index is 2.29. The number of nitrogens with zero attached hydrogens (tertiary/aromatic N) is 1. The molecule has 0 bridgehead atoms. The average Bonchev–Trinajstić information content (AvgIpc) is 2.60. The number of likely N-dealkylation sites (tertiary alicyclic amines) is 1. The monoisotopic (exact) mass is 243 g/mol. The SMILES string of the molecule is CN1CCC(=O)C1c1ccc(Br)o1. The fraction of sp³-hybridized carbons (Fsp3) is 0.444. The molecule has 1 saturated heterocycles. The van der Waals surface area contributed by atoms with Gasteiger partial charge in [0.05, 0.1) is 0 Å². The van der Waals surface area contributed by atoms with Crippen LogP contribution in [-0.4, -0.2) is 24.3 Å². The van der Waals surface area contributed by atoms with Gasteiger partial charge in [0.15, 0.2) is 10.5 Å². The van der Waals surface area contributed by atoms with Crippen LogP contribution in [0.4, 0.5) is 0 Å². The van der Waals surface area contributed by atoms with Crippen molar-refractivity contribution in [2.24, 2.45) is 0 Å². The van der Waals surface area contributed by atoms with Gasteiger partial charge in [0, 0.05) is 13.0 Å². The molecule has 4 heteroatoms. The average molecular weight is 244 g/mol. The third kappa shape index (κ3) is 1.56. The maximum atomic E-state index is 11.5. The lowest BCUT2D eigenvalue weighted by molar-refractivity contribution is -0.120. The molecule has 0 amide bonds. The van der Waals surface area contributed by atoms with Gasteiger partial charge in [0.25, 0.3) is 0 Å². The molecule has 13 heavy (non-hydrogen) atoms. The summed E-state index contributed by atoms with van der Waals surface area (Å²) < 4.78 is 6.04. The van der Waals surface area contributed by atoms with Gasteiger partial charge in [-0.05, 0) is 35.1 Å². The first-order valence-electron chi connectivity index (χ1n) is 4.16. The molecule has 70 valence electrons. The molecule has 1 atom stereocenters. The second-order valence-corrected chi connectivity index (χ2v) is 4.02. The van der Waals surface area contributed by atoms with Crippen LogP contribution in [0.15, 0.2) is 21.2 Å². The van der Waals surface area contributed by atoms with Crippen molar-refractivity contribution in [2.75, 3.05) is 13.6 Å². The number of likely N-dealkylation sites (N-methyl/N-ethyl adjacent to an activating group) is 1. The van der Waals surface area contributed by atoms with Gasteiger partial charge in [-0.3, -0.25) is 9.69 Å². The van der Waals surface area contributed by atoms with Crippen molar-refractivity contribution in [2.45, 2.75) is 12.5 Å². The van der Waals surface area contributed by atoms with Crippen molar-refractivity contribution in [1.29, 1.82) is 0 Å². The smallest absolute Gasteiger partial charge is 0.169 e. The first-order chi connectivity index (χ1) is 6.18. The predicted octanol–water partition coefficient (Wildman–Crippen LogP) is 1.99. The van der Waals surface area contributed by atoms with Crippen LogP contribution in [0.2, 0.25) is 0 Å². The van der Waals surface area contributed by atoms with Crippen molar-refractivity contribution < 1.29 is 9.21 Å². The highest BCUT2D eigenvalue weighted by atomic mass is 79.9. The Bertz CT molecular complexity index is 334. The Morgan fingerprint density at radius 1 is 1.62 bits per heavy atom. The van der Waals surface area contributed by atoms with E-state index >= 15 is 0 Å². The lowest BCUT2D eigenvalue weighted by atomic mass is 10.1. The molecule has 1 aromatic rings. The summed E-state index contributed by atoms with van der Waals surface area (Å²) >= 11 is 3.22. The molecule has 2 rings (SSSR count). The largest absolute Gasteiger partial charge is 0.452 e. The second kappa shape index (κ2) is 3.27. The molecule has 2 heterocycles. The van der Waals surface area contributed by atoms with Crippen LogP contribution in [0.1, 0.15) is 18.2 Å². The summed E-state index contributed by atoms with van der Waals surface area (Å²) in [5.74, 6) is 0.973. The van der Waals surface area contributed by atoms with E-state index in [1.54, 1.807) is 0 Å². The topological polar surface area (TPSA) is 33.5 Å². The van der Waals surface area contributed by atoms with Crippen LogP contribution in [0.25, 0.3) is 0 Å². The minimum Gasteiger partial charge on any atom is -0.452 e. The zero-order chi connectivity index (χ0) is 9.42. The lowest BCUT2D eigenvalue weighted by Crippen LogP contribution is -2.20. The molecular formula is C9H10BrNO2. The summed E-state index contributed by atoms with van der Waals surface area (Å²) in [4.78, 5) is 13.5. The van der Waals surface area contributed by atoms with Crippen molar-refractivity contribution in [1.82, 2.24) is 4.90 Å². The maximum Gasteiger partial charge on any atom is 0.169 e. The van der Waals surface area contributed by atoms with Gasteiger partial charge in [0.2, 0.25) is 0 Å². The fourth-order valence-electron chi connectivity index (χ4n) is 1.65. The molecule has 1 unspecified atom stereocenters. The van der Waals surface area contributed by atoms with E-state index < -0.39 is 0 Å². The van der Waals surface area contributed by atoms with Gasteiger partial charge in [-0.25, -0.2) is 0 Å². The fourth-order valence-corrected chi connectivity index (χ4v) is 1.97. The zero-order valence-electron chi connectivity index (χ0n) is 7.29. The van der Waals surface area contributed by atoms with Crippen LogP contribution < -0.4 is 0 Å². The predicted molar refractivity (Wildman–Crippen MR) is 51.4 cm³/mol. The van der Waals surface area contributed by atoms with Gasteiger partial charge < -0.3 is 4.42 Å². The van der Waals surface area contributed by atoms with Crippen LogP contribution in [0.5, 0.6) is 0 Å². The van der Waals surface area contributed by atoms with E-state index in [4.69, 9.17) is 4.42 Å². The molecule has 0 N–H and O–H groups in total. The van der Waals surface area contributed by atoms with Crippen molar-refractivity contribution in [3.8, 4) is 0 Å². The minimum atomic E-state index is -0.175. The van der Waals surface area contributed by atoms with E-state index in [0.29, 0.717) is 11.1 Å². The number of hydrogen-bond donors (Lipinski definition) is 0. The summed E-state index contributed by atoms with van der Waals surface area (Å²) in [5.41, 5.74) is 0. The van der Waals surface area contributed by atoms with Crippen molar-refractivity contribution >= 4 is 21.7 Å². The van der Waals surface area contributed by atoms with Crippen LogP contribution >= 0.6 is 15.9 Å². The second-order valence-electron chi connectivity index (χ2n) is 3.24. The Morgan fingerprint density at radius 2 is 2.38 bits per heavy atom. The van der Waals surface area contributed by atoms with E-state index in [0.717, 1.165) is 12.3 Å². The summed E-state index contributed by atoms with van der Waals surface area (Å²) in [6, 6.07) is 3.48. The van der Waals surface area contributed by atoms with E-state index in [-0.39, 0.29) is 11.8 Å². The first kappa shape index (κ1) is 8.97. The number of ketones is 1. The van der Waals surface area contributed by atoms with Crippen molar-refractivity contribution in [3.63, 3.8) is 0 Å². The Hall–Kier alpha value is -0.610. The highest BCUT2D eigenvalue weighted by Crippen LogP contribution is 2.29. The number of carbonyl (C=O) groups excluding carboxylic acids is 1. The minimum absolute atomic E-state index is 0.175. The van der Waals surface area contributed by atoms with Gasteiger partial charge in [-0.1, -0.05) is 0 Å². The molecular weight excluding hydrogens is 234 g/mol. The molecule has 1 aliphatic heterocycles. The molecule has 1 aromatic heterocycles. The lowest BCUT2D eigenvalue weighted by Gasteiger charge is -2.14. The third-order valence-electron chi connectivity index (χ3n) is 2.32. The summed E-state index contributed by atoms with van der Waals surface area (Å²) in [5, 5.41) is 0. The van der Waals surface area contributed by atoms with E-state index in [2.05, 4.69) is 15.9 Å². The van der Waals surface area contributed by atoms with Gasteiger partial charge in [-0.2, -0.15) is 0 Å². The van der Waals surface area contributed by atoms with E-state index in [1.165, 1.54) is 0 Å². The summed E-state index contributed by atoms with van der Waals surface area (Å²) in [7, 11) is 1.94. The van der Waals surface area contributed by atoms with E-state index in [9.17, 15) is 4.79 Å².